The predicted molar refractivity (Wildman–Crippen MR) is 120 cm³/mol. The summed E-state index contributed by atoms with van der Waals surface area (Å²) in [6.07, 6.45) is 1.97. The Hall–Kier alpha value is -3.08. The lowest BCUT2D eigenvalue weighted by Gasteiger charge is -2.26. The molecule has 0 atom stereocenters. The summed E-state index contributed by atoms with van der Waals surface area (Å²) < 4.78 is 15.6. The van der Waals surface area contributed by atoms with Gasteiger partial charge in [0.15, 0.2) is 0 Å². The number of nitrogens with zero attached hydrogens (tertiary/aromatic N) is 2. The lowest BCUT2D eigenvalue weighted by Crippen LogP contribution is -2.37. The number of hydrogen-bond donors (Lipinski definition) is 1. The van der Waals surface area contributed by atoms with Crippen LogP contribution in [0.2, 0.25) is 0 Å². The Labute approximate surface area is 178 Å². The maximum absolute atomic E-state index is 13.6. The highest BCUT2D eigenvalue weighted by molar-refractivity contribution is 5.90. The summed E-state index contributed by atoms with van der Waals surface area (Å²) in [6.45, 7) is 9.94. The van der Waals surface area contributed by atoms with E-state index in [4.69, 9.17) is 0 Å². The van der Waals surface area contributed by atoms with Gasteiger partial charge in [0.1, 0.15) is 5.82 Å². The molecule has 3 rings (SSSR count). The molecule has 4 nitrogen and oxygen atoms in total. The van der Waals surface area contributed by atoms with Crippen LogP contribution < -0.4 is 5.32 Å². The maximum Gasteiger partial charge on any atom is 0.322 e. The average Bonchev–Trinajstić information content (AvgIpc) is 3.11. The molecule has 0 aliphatic rings. The zero-order chi connectivity index (χ0) is 21.7. The number of carbonyl (C=O) groups is 1. The number of amides is 2. The van der Waals surface area contributed by atoms with Gasteiger partial charge >= 0.3 is 6.03 Å². The molecule has 0 spiro atoms. The molecule has 2 aromatic carbocycles. The fourth-order valence-corrected chi connectivity index (χ4v) is 3.52. The number of carbonyl (C=O) groups excluding carboxylic acids is 1. The first-order chi connectivity index (χ1) is 14.3. The SMILES string of the molecule is Cc1cccc(NC(=O)N(Cc2cccn2Cc2cccc(F)c2)CC(C)C)c1C. The zero-order valence-corrected chi connectivity index (χ0v) is 18.2. The van der Waals surface area contributed by atoms with E-state index in [1.807, 2.05) is 61.3 Å². The second kappa shape index (κ2) is 9.61. The van der Waals surface area contributed by atoms with Crippen molar-refractivity contribution >= 4 is 11.7 Å². The van der Waals surface area contributed by atoms with Crippen LogP contribution in [0, 0.1) is 25.6 Å². The van der Waals surface area contributed by atoms with Crippen LogP contribution in [0.25, 0.3) is 0 Å². The van der Waals surface area contributed by atoms with Crippen LogP contribution in [-0.2, 0) is 13.1 Å². The molecule has 3 aromatic rings. The van der Waals surface area contributed by atoms with Crippen LogP contribution in [0.1, 0.15) is 36.2 Å². The van der Waals surface area contributed by atoms with Crippen molar-refractivity contribution in [1.82, 2.24) is 9.47 Å². The number of aromatic nitrogens is 1. The number of rotatable bonds is 7. The van der Waals surface area contributed by atoms with E-state index in [-0.39, 0.29) is 11.8 Å². The van der Waals surface area contributed by atoms with E-state index in [9.17, 15) is 9.18 Å². The van der Waals surface area contributed by atoms with Gasteiger partial charge in [0.2, 0.25) is 0 Å². The lowest BCUT2D eigenvalue weighted by atomic mass is 10.1. The third-order valence-electron chi connectivity index (χ3n) is 5.24. The highest BCUT2D eigenvalue weighted by Crippen LogP contribution is 2.20. The van der Waals surface area contributed by atoms with Gasteiger partial charge in [-0.2, -0.15) is 0 Å². The number of halogens is 1. The monoisotopic (exact) mass is 407 g/mol. The van der Waals surface area contributed by atoms with Crippen molar-refractivity contribution < 1.29 is 9.18 Å². The minimum atomic E-state index is -0.240. The number of anilines is 1. The van der Waals surface area contributed by atoms with E-state index < -0.39 is 0 Å². The Morgan fingerprint density at radius 3 is 2.60 bits per heavy atom. The van der Waals surface area contributed by atoms with E-state index in [0.717, 1.165) is 28.1 Å². The Bertz CT molecular complexity index is 1010. The van der Waals surface area contributed by atoms with Crippen molar-refractivity contribution in [2.24, 2.45) is 5.92 Å². The van der Waals surface area contributed by atoms with Crippen LogP contribution in [-0.4, -0.2) is 22.0 Å². The van der Waals surface area contributed by atoms with Gasteiger partial charge in [-0.25, -0.2) is 9.18 Å². The summed E-state index contributed by atoms with van der Waals surface area (Å²) in [7, 11) is 0. The molecular weight excluding hydrogens is 377 g/mol. The van der Waals surface area contributed by atoms with Gasteiger partial charge in [-0.05, 0) is 66.8 Å². The van der Waals surface area contributed by atoms with E-state index in [2.05, 4.69) is 23.7 Å². The van der Waals surface area contributed by atoms with Crippen LogP contribution in [0.4, 0.5) is 14.9 Å². The van der Waals surface area contributed by atoms with Crippen molar-refractivity contribution in [3.8, 4) is 0 Å². The molecule has 30 heavy (non-hydrogen) atoms. The van der Waals surface area contributed by atoms with E-state index in [1.165, 1.54) is 6.07 Å². The normalized spacial score (nSPS) is 11.0. The van der Waals surface area contributed by atoms with Gasteiger partial charge in [-0.3, -0.25) is 0 Å². The van der Waals surface area contributed by atoms with E-state index in [0.29, 0.717) is 25.6 Å². The van der Waals surface area contributed by atoms with Crippen LogP contribution in [0.15, 0.2) is 60.8 Å². The standard InChI is InChI=1S/C25H30FN3O/c1-18(2)15-29(25(30)27-24-12-5-8-19(3)20(24)4)17-23-11-7-13-28(23)16-21-9-6-10-22(26)14-21/h5-14,18H,15-17H2,1-4H3,(H,27,30). The Morgan fingerprint density at radius 1 is 1.10 bits per heavy atom. The van der Waals surface area contributed by atoms with Gasteiger partial charge in [0.25, 0.3) is 0 Å². The molecule has 2 amide bonds. The van der Waals surface area contributed by atoms with Crippen LogP contribution in [0.5, 0.6) is 0 Å². The van der Waals surface area contributed by atoms with Crippen molar-refractivity contribution in [1.29, 1.82) is 0 Å². The van der Waals surface area contributed by atoms with Gasteiger partial charge in [0.05, 0.1) is 6.54 Å². The third kappa shape index (κ3) is 5.50. The first-order valence-electron chi connectivity index (χ1n) is 10.3. The molecule has 0 saturated heterocycles. The molecule has 0 saturated carbocycles. The summed E-state index contributed by atoms with van der Waals surface area (Å²) in [5.41, 5.74) is 4.96. The summed E-state index contributed by atoms with van der Waals surface area (Å²) in [5, 5.41) is 3.07. The highest BCUT2D eigenvalue weighted by atomic mass is 19.1. The van der Waals surface area contributed by atoms with Crippen molar-refractivity contribution in [3.63, 3.8) is 0 Å². The molecule has 1 aromatic heterocycles. The van der Waals surface area contributed by atoms with Crippen LogP contribution in [0.3, 0.4) is 0 Å². The molecule has 1 N–H and O–H groups in total. The molecule has 0 aliphatic carbocycles. The fraction of sp³-hybridized carbons (Fsp3) is 0.320. The first kappa shape index (κ1) is 21.6. The number of benzene rings is 2. The lowest BCUT2D eigenvalue weighted by molar-refractivity contribution is 0.200. The van der Waals surface area contributed by atoms with Gasteiger partial charge in [-0.1, -0.05) is 38.1 Å². The molecule has 0 fully saturated rings. The Balaban J connectivity index is 1.78. The fourth-order valence-electron chi connectivity index (χ4n) is 3.52. The average molecular weight is 408 g/mol. The van der Waals surface area contributed by atoms with Crippen molar-refractivity contribution in [3.05, 3.63) is 89.0 Å². The Kier molecular flexibility index (Phi) is 6.93. The second-order valence-corrected chi connectivity index (χ2v) is 8.21. The summed E-state index contributed by atoms with van der Waals surface area (Å²) >= 11 is 0. The third-order valence-corrected chi connectivity index (χ3v) is 5.24. The molecule has 1 heterocycles. The number of urea groups is 1. The maximum atomic E-state index is 13.6. The van der Waals surface area contributed by atoms with E-state index >= 15 is 0 Å². The van der Waals surface area contributed by atoms with Gasteiger partial charge < -0.3 is 14.8 Å². The Morgan fingerprint density at radius 2 is 1.87 bits per heavy atom. The topological polar surface area (TPSA) is 37.3 Å². The minimum Gasteiger partial charge on any atom is -0.345 e. The van der Waals surface area contributed by atoms with Gasteiger partial charge in [-0.15, -0.1) is 0 Å². The zero-order valence-electron chi connectivity index (χ0n) is 18.2. The largest absolute Gasteiger partial charge is 0.345 e. The molecule has 158 valence electrons. The summed E-state index contributed by atoms with van der Waals surface area (Å²) in [4.78, 5) is 14.9. The van der Waals surface area contributed by atoms with Crippen molar-refractivity contribution in [2.45, 2.75) is 40.8 Å². The highest BCUT2D eigenvalue weighted by Gasteiger charge is 2.18. The quantitative estimate of drug-likeness (QED) is 0.514. The number of nitrogens with one attached hydrogen (secondary N) is 1. The predicted octanol–water partition coefficient (Wildman–Crippen LogP) is 5.98. The second-order valence-electron chi connectivity index (χ2n) is 8.21. The first-order valence-corrected chi connectivity index (χ1v) is 10.3. The molecule has 0 bridgehead atoms. The summed E-state index contributed by atoms with van der Waals surface area (Å²) in [5.74, 6) is 0.0940. The molecular formula is C25H30FN3O. The number of aryl methyl sites for hydroxylation is 1. The van der Waals surface area contributed by atoms with Crippen molar-refractivity contribution in [2.75, 3.05) is 11.9 Å². The molecule has 0 aliphatic heterocycles. The van der Waals surface area contributed by atoms with E-state index in [1.54, 1.807) is 12.1 Å². The van der Waals surface area contributed by atoms with Gasteiger partial charge in [0, 0.05) is 30.7 Å². The minimum absolute atomic E-state index is 0.115. The molecule has 0 unspecified atom stereocenters. The molecule has 5 heteroatoms. The molecule has 0 radical (unpaired) electrons. The summed E-state index contributed by atoms with van der Waals surface area (Å²) in [6, 6.07) is 16.4. The van der Waals surface area contributed by atoms with Crippen LogP contribution >= 0.6 is 0 Å². The number of hydrogen-bond acceptors (Lipinski definition) is 1. The smallest absolute Gasteiger partial charge is 0.322 e.